The van der Waals surface area contributed by atoms with Crippen LogP contribution in [0.2, 0.25) is 0 Å². The molecule has 0 bridgehead atoms. The van der Waals surface area contributed by atoms with E-state index in [1.54, 1.807) is 11.0 Å². The Morgan fingerprint density at radius 1 is 1.31 bits per heavy atom. The summed E-state index contributed by atoms with van der Waals surface area (Å²) in [5.41, 5.74) is 2.96. The molecule has 0 aromatic heterocycles. The van der Waals surface area contributed by atoms with Gasteiger partial charge in [0.25, 0.3) is 0 Å². The molecular formula is C23H35FN2O3. The molecule has 0 unspecified atom stereocenters. The summed E-state index contributed by atoms with van der Waals surface area (Å²) in [5, 5.41) is 0. The minimum Gasteiger partial charge on any atom is -0.444 e. The molecule has 0 saturated heterocycles. The van der Waals surface area contributed by atoms with Crippen molar-refractivity contribution in [1.82, 2.24) is 4.90 Å². The summed E-state index contributed by atoms with van der Waals surface area (Å²) in [6.07, 6.45) is 4.83. The van der Waals surface area contributed by atoms with Crippen molar-refractivity contribution in [2.45, 2.75) is 59.5 Å². The number of hydrogen-bond acceptors (Lipinski definition) is 4. The monoisotopic (exact) mass is 406 g/mol. The molecule has 29 heavy (non-hydrogen) atoms. The highest BCUT2D eigenvalue weighted by atomic mass is 19.1. The fourth-order valence-electron chi connectivity index (χ4n) is 2.91. The third-order valence-corrected chi connectivity index (χ3v) is 4.38. The van der Waals surface area contributed by atoms with Gasteiger partial charge in [-0.05, 0) is 63.8 Å². The molecule has 0 fully saturated rings. The Labute approximate surface area is 174 Å². The first-order valence-corrected chi connectivity index (χ1v) is 10.1. The topological polar surface area (TPSA) is 49.9 Å². The van der Waals surface area contributed by atoms with Gasteiger partial charge in [-0.3, -0.25) is 0 Å². The molecule has 2 rings (SSSR count). The second-order valence-corrected chi connectivity index (χ2v) is 8.37. The Kier molecular flexibility index (Phi) is 9.34. The van der Waals surface area contributed by atoms with Crippen molar-refractivity contribution < 1.29 is 18.7 Å². The molecule has 162 valence electrons. The Hall–Kier alpha value is -2.37. The lowest BCUT2D eigenvalue weighted by molar-refractivity contribution is -0.107. The number of carbonyl (C=O) groups is 2. The van der Waals surface area contributed by atoms with Gasteiger partial charge in [0.2, 0.25) is 0 Å². The van der Waals surface area contributed by atoms with E-state index in [4.69, 9.17) is 4.74 Å². The first-order valence-electron chi connectivity index (χ1n) is 10.1. The molecule has 1 aromatic rings. The van der Waals surface area contributed by atoms with Gasteiger partial charge in [0.1, 0.15) is 17.7 Å². The van der Waals surface area contributed by atoms with Crippen LogP contribution in [0.15, 0.2) is 18.2 Å². The first-order chi connectivity index (χ1) is 13.5. The predicted molar refractivity (Wildman–Crippen MR) is 117 cm³/mol. The lowest BCUT2D eigenvalue weighted by Crippen LogP contribution is -2.39. The highest BCUT2D eigenvalue weighted by Crippen LogP contribution is 2.30. The van der Waals surface area contributed by atoms with Crippen LogP contribution in [-0.4, -0.2) is 50.1 Å². The quantitative estimate of drug-likeness (QED) is 0.644. The number of unbranched alkanes of at least 4 members (excludes halogenated alkanes) is 1. The van der Waals surface area contributed by atoms with Crippen LogP contribution in [0.25, 0.3) is 5.57 Å². The third-order valence-electron chi connectivity index (χ3n) is 4.38. The zero-order valence-electron chi connectivity index (χ0n) is 18.8. The van der Waals surface area contributed by atoms with Gasteiger partial charge in [-0.1, -0.05) is 13.0 Å². The maximum absolute atomic E-state index is 14.4. The van der Waals surface area contributed by atoms with Crippen molar-refractivity contribution in [2.24, 2.45) is 0 Å². The molecule has 1 amide bonds. The number of aldehydes is 1. The summed E-state index contributed by atoms with van der Waals surface area (Å²) in [7, 11) is 3.90. The van der Waals surface area contributed by atoms with Gasteiger partial charge in [-0.15, -0.1) is 0 Å². The summed E-state index contributed by atoms with van der Waals surface area (Å²) in [5.74, 6) is -0.213. The highest BCUT2D eigenvalue weighted by molar-refractivity contribution is 5.75. The number of rotatable bonds is 4. The molecule has 0 atom stereocenters. The van der Waals surface area contributed by atoms with Crippen molar-refractivity contribution in [1.29, 1.82) is 0 Å². The Morgan fingerprint density at radius 3 is 2.38 bits per heavy atom. The number of amides is 1. The fourth-order valence-corrected chi connectivity index (χ4v) is 2.91. The standard InChI is InChI=1S/C19H27FN2O2.C4H8O/c1-13-11-16(20)15(12-17(13)21(5)6)14-7-9-22(10-8-14)18(23)24-19(2,3)4;1-2-3-4-5/h7,11-12H,8-10H2,1-6H3;4H,2-3H2,1H3. The summed E-state index contributed by atoms with van der Waals surface area (Å²) < 4.78 is 19.8. The van der Waals surface area contributed by atoms with Gasteiger partial charge >= 0.3 is 6.09 Å². The minimum atomic E-state index is -0.509. The Morgan fingerprint density at radius 2 is 1.97 bits per heavy atom. The second-order valence-electron chi connectivity index (χ2n) is 8.37. The Bertz CT molecular complexity index is 736. The molecule has 0 aliphatic carbocycles. The number of nitrogens with zero attached hydrogens (tertiary/aromatic N) is 2. The van der Waals surface area contributed by atoms with Gasteiger partial charge in [-0.2, -0.15) is 0 Å². The van der Waals surface area contributed by atoms with Crippen molar-refractivity contribution in [2.75, 3.05) is 32.1 Å². The van der Waals surface area contributed by atoms with Crippen LogP contribution < -0.4 is 4.90 Å². The zero-order chi connectivity index (χ0) is 22.2. The normalized spacial score (nSPS) is 13.8. The van der Waals surface area contributed by atoms with Gasteiger partial charge in [0.05, 0.1) is 0 Å². The second kappa shape index (κ2) is 11.0. The number of carbonyl (C=O) groups excluding carboxylic acids is 2. The van der Waals surface area contributed by atoms with Crippen LogP contribution in [0, 0.1) is 12.7 Å². The van der Waals surface area contributed by atoms with Crippen LogP contribution in [0.1, 0.15) is 58.1 Å². The maximum Gasteiger partial charge on any atom is 0.410 e. The lowest BCUT2D eigenvalue weighted by Gasteiger charge is -2.30. The number of benzene rings is 1. The predicted octanol–water partition coefficient (Wildman–Crippen LogP) is 5.21. The van der Waals surface area contributed by atoms with Gasteiger partial charge in [-0.25, -0.2) is 9.18 Å². The fraction of sp³-hybridized carbons (Fsp3) is 0.565. The van der Waals surface area contributed by atoms with Crippen LogP contribution in [0.5, 0.6) is 0 Å². The molecule has 1 aliphatic heterocycles. The van der Waals surface area contributed by atoms with Crippen LogP contribution in [-0.2, 0) is 9.53 Å². The van der Waals surface area contributed by atoms with Crippen LogP contribution in [0.4, 0.5) is 14.9 Å². The van der Waals surface area contributed by atoms with Crippen molar-refractivity contribution in [3.05, 3.63) is 35.2 Å². The van der Waals surface area contributed by atoms with E-state index in [9.17, 15) is 14.0 Å². The summed E-state index contributed by atoms with van der Waals surface area (Å²) >= 11 is 0. The molecule has 1 heterocycles. The first kappa shape index (κ1) is 24.7. The van der Waals surface area contributed by atoms with E-state index < -0.39 is 5.60 Å². The van der Waals surface area contributed by atoms with E-state index in [2.05, 4.69) is 0 Å². The van der Waals surface area contributed by atoms with Crippen molar-refractivity contribution in [3.63, 3.8) is 0 Å². The van der Waals surface area contributed by atoms with E-state index in [-0.39, 0.29) is 11.9 Å². The molecule has 1 aromatic carbocycles. The highest BCUT2D eigenvalue weighted by Gasteiger charge is 2.24. The van der Waals surface area contributed by atoms with Gasteiger partial charge < -0.3 is 19.3 Å². The molecule has 5 nitrogen and oxygen atoms in total. The zero-order valence-corrected chi connectivity index (χ0v) is 18.8. The van der Waals surface area contributed by atoms with Gasteiger partial charge in [0, 0.05) is 44.9 Å². The van der Waals surface area contributed by atoms with Crippen LogP contribution in [0.3, 0.4) is 0 Å². The minimum absolute atomic E-state index is 0.213. The van der Waals surface area contributed by atoms with E-state index in [0.29, 0.717) is 31.5 Å². The average Bonchev–Trinajstić information content (AvgIpc) is 2.61. The third kappa shape index (κ3) is 7.87. The number of anilines is 1. The summed E-state index contributed by atoms with van der Waals surface area (Å²) in [4.78, 5) is 25.1. The molecule has 1 aliphatic rings. The smallest absolute Gasteiger partial charge is 0.410 e. The lowest BCUT2D eigenvalue weighted by atomic mass is 9.97. The average molecular weight is 407 g/mol. The summed E-state index contributed by atoms with van der Waals surface area (Å²) in [6, 6.07) is 3.46. The van der Waals surface area contributed by atoms with E-state index in [1.807, 2.05) is 65.8 Å². The summed E-state index contributed by atoms with van der Waals surface area (Å²) in [6.45, 7) is 10.4. The van der Waals surface area contributed by atoms with Crippen molar-refractivity contribution >= 4 is 23.6 Å². The SMILES string of the molecule is CCCC=O.Cc1cc(F)c(C2=CCN(C(=O)OC(C)(C)C)CC2)cc1N(C)C. The Balaban J connectivity index is 0.000000749. The molecule has 6 heteroatoms. The molecule has 0 radical (unpaired) electrons. The molecule has 0 N–H and O–H groups in total. The largest absolute Gasteiger partial charge is 0.444 e. The van der Waals surface area contributed by atoms with Gasteiger partial charge in [0.15, 0.2) is 0 Å². The van der Waals surface area contributed by atoms with E-state index >= 15 is 0 Å². The molecular weight excluding hydrogens is 371 g/mol. The number of halogens is 1. The van der Waals surface area contributed by atoms with E-state index in [0.717, 1.165) is 29.5 Å². The number of aryl methyl sites for hydroxylation is 1. The molecule has 0 spiro atoms. The molecule has 0 saturated carbocycles. The maximum atomic E-state index is 14.4. The number of ether oxygens (including phenoxy) is 1. The van der Waals surface area contributed by atoms with Crippen LogP contribution >= 0.6 is 0 Å². The number of hydrogen-bond donors (Lipinski definition) is 0. The van der Waals surface area contributed by atoms with E-state index in [1.165, 1.54) is 0 Å². The van der Waals surface area contributed by atoms with Crippen molar-refractivity contribution in [3.8, 4) is 0 Å².